The van der Waals surface area contributed by atoms with Crippen molar-refractivity contribution < 1.29 is 22.9 Å². The van der Waals surface area contributed by atoms with Crippen molar-refractivity contribution in [2.45, 2.75) is 82.8 Å². The third kappa shape index (κ3) is 6.09. The van der Waals surface area contributed by atoms with E-state index < -0.39 is 30.8 Å². The summed E-state index contributed by atoms with van der Waals surface area (Å²) in [5.74, 6) is -1.13. The van der Waals surface area contributed by atoms with Gasteiger partial charge in [0.05, 0.1) is 0 Å². The zero-order valence-electron chi connectivity index (χ0n) is 23.3. The SMILES string of the molecule is C[C@@H]1CC(NC2=NC=C(Cl)C(C)(NC3CC=CC=C3[PH](C)(C)O)N2)CC2=C1CCN(C(=O)C(F)(F)F)C2(C)C. The summed E-state index contributed by atoms with van der Waals surface area (Å²) >= 11 is 6.62. The Morgan fingerprint density at radius 3 is 2.64 bits per heavy atom. The van der Waals surface area contributed by atoms with Gasteiger partial charge in [-0.3, -0.25) is 4.79 Å². The molecule has 2 heterocycles. The number of nitrogens with one attached hydrogen (secondary N) is 3. The van der Waals surface area contributed by atoms with Gasteiger partial charge >= 0.3 is 210 Å². The number of carbonyl (C=O) groups is 1. The van der Waals surface area contributed by atoms with Gasteiger partial charge in [0, 0.05) is 6.54 Å². The number of aliphatic imine (C=N–C) groups is 1. The number of rotatable bonds is 4. The summed E-state index contributed by atoms with van der Waals surface area (Å²) in [5, 5.41) is 11.9. The second-order valence-electron chi connectivity index (χ2n) is 12.2. The fourth-order valence-electron chi connectivity index (χ4n) is 6.36. The van der Waals surface area contributed by atoms with E-state index in [1.165, 1.54) is 0 Å². The van der Waals surface area contributed by atoms with Crippen LogP contribution in [0.25, 0.3) is 0 Å². The maximum atomic E-state index is 13.3. The third-order valence-corrected chi connectivity index (χ3v) is 10.8. The first-order valence-corrected chi connectivity index (χ1v) is 16.7. The van der Waals surface area contributed by atoms with Crippen molar-refractivity contribution >= 4 is 31.0 Å². The van der Waals surface area contributed by atoms with E-state index in [0.29, 0.717) is 30.3 Å². The molecular formula is C27H40ClF3N5O2P. The average molecular weight is 590 g/mol. The van der Waals surface area contributed by atoms with Crippen LogP contribution in [0.3, 0.4) is 0 Å². The number of hydrogen-bond donors (Lipinski definition) is 4. The number of nitrogens with zero attached hydrogens (tertiary/aromatic N) is 2. The van der Waals surface area contributed by atoms with Gasteiger partial charge in [-0.25, -0.2) is 0 Å². The number of amides is 1. The Morgan fingerprint density at radius 2 is 2.00 bits per heavy atom. The molecule has 2 aliphatic heterocycles. The van der Waals surface area contributed by atoms with Gasteiger partial charge in [0.2, 0.25) is 0 Å². The molecule has 7 nitrogen and oxygen atoms in total. The zero-order chi connectivity index (χ0) is 29.0. The zero-order valence-corrected chi connectivity index (χ0v) is 25.1. The van der Waals surface area contributed by atoms with Crippen LogP contribution in [-0.4, -0.2) is 71.0 Å². The Morgan fingerprint density at radius 1 is 1.31 bits per heavy atom. The summed E-state index contributed by atoms with van der Waals surface area (Å²) in [7, 11) is -2.57. The Balaban J connectivity index is 1.50. The minimum atomic E-state index is -4.91. The summed E-state index contributed by atoms with van der Waals surface area (Å²) in [6.45, 7) is 11.3. The normalized spacial score (nSPS) is 31.5. The molecule has 0 saturated carbocycles. The molecule has 4 N–H and O–H groups in total. The predicted octanol–water partition coefficient (Wildman–Crippen LogP) is 4.72. The Hall–Kier alpha value is -1.87. The number of guanidine groups is 1. The van der Waals surface area contributed by atoms with E-state index in [2.05, 4.69) is 27.9 Å². The summed E-state index contributed by atoms with van der Waals surface area (Å²) in [6.07, 6.45) is 5.11. The molecule has 1 amide bonds. The standard InChI is InChI=1S/C27H40ClF3N5O2P/c1-16-13-17(14-19-18(16)11-12-36(25(19,2)3)23(37)27(29,30)31)33-24-32-15-22(28)26(4,35-24)34-20-9-7-8-10-21(20)39(5,6)38/h7-8,10,15-17,20,34,38-39H,9,11-14H2,1-6H3,(H2,32,33,35)/t16-,17?,20?,26?/m1/s1. The van der Waals surface area contributed by atoms with Crippen LogP contribution in [0.4, 0.5) is 13.2 Å². The molecule has 12 heteroatoms. The Kier molecular flexibility index (Phi) is 8.11. The minimum absolute atomic E-state index is 0.0640. The van der Waals surface area contributed by atoms with Crippen molar-refractivity contribution in [3.8, 4) is 0 Å². The van der Waals surface area contributed by atoms with E-state index in [1.807, 2.05) is 38.5 Å². The van der Waals surface area contributed by atoms with Crippen LogP contribution in [0.2, 0.25) is 0 Å². The average Bonchev–Trinajstić information content (AvgIpc) is 2.81. The molecule has 4 rings (SSSR count). The molecule has 2 aliphatic carbocycles. The molecule has 39 heavy (non-hydrogen) atoms. The molecule has 0 saturated heterocycles. The molecule has 4 atom stereocenters. The fraction of sp³-hybridized carbons (Fsp3) is 0.630. The van der Waals surface area contributed by atoms with E-state index >= 15 is 0 Å². The Bertz CT molecular complexity index is 1170. The van der Waals surface area contributed by atoms with Gasteiger partial charge in [0.15, 0.2) is 0 Å². The van der Waals surface area contributed by atoms with Gasteiger partial charge in [-0.15, -0.1) is 0 Å². The van der Waals surface area contributed by atoms with Gasteiger partial charge in [-0.1, -0.05) is 0 Å². The van der Waals surface area contributed by atoms with Gasteiger partial charge in [0.25, 0.3) is 0 Å². The molecular weight excluding hydrogens is 550 g/mol. The summed E-state index contributed by atoms with van der Waals surface area (Å²) < 4.78 is 40.0. The first kappa shape index (κ1) is 30.1. The Labute approximate surface area is 234 Å². The first-order chi connectivity index (χ1) is 17.9. The molecule has 0 radical (unpaired) electrons. The fourth-order valence-corrected chi connectivity index (χ4v) is 8.05. The molecule has 3 unspecified atom stereocenters. The van der Waals surface area contributed by atoms with E-state index in [0.717, 1.165) is 27.8 Å². The number of allylic oxidation sites excluding steroid dienone is 2. The van der Waals surface area contributed by atoms with Crippen molar-refractivity contribution in [2.75, 3.05) is 19.9 Å². The third-order valence-electron chi connectivity index (χ3n) is 8.40. The molecule has 4 aliphatic rings. The van der Waals surface area contributed by atoms with Crippen LogP contribution in [0.15, 0.2) is 50.9 Å². The van der Waals surface area contributed by atoms with Crippen molar-refractivity contribution in [2.24, 2.45) is 10.9 Å². The number of halogens is 4. The van der Waals surface area contributed by atoms with E-state index in [4.69, 9.17) is 11.6 Å². The quantitative estimate of drug-likeness (QED) is 0.282. The summed E-state index contributed by atoms with van der Waals surface area (Å²) in [4.78, 5) is 28.5. The van der Waals surface area contributed by atoms with Crippen molar-refractivity contribution in [3.05, 3.63) is 45.9 Å². The molecule has 0 spiro atoms. The van der Waals surface area contributed by atoms with Gasteiger partial charge < -0.3 is 0 Å². The number of carbonyl (C=O) groups excluding carboxylic acids is 1. The maximum absolute atomic E-state index is 13.3. The summed E-state index contributed by atoms with van der Waals surface area (Å²) in [6, 6.07) is -0.208. The van der Waals surface area contributed by atoms with Gasteiger partial charge in [-0.2, -0.15) is 13.2 Å². The number of alkyl halides is 3. The summed E-state index contributed by atoms with van der Waals surface area (Å²) in [5.41, 5.74) is 0.129. The van der Waals surface area contributed by atoms with Crippen molar-refractivity contribution in [1.29, 1.82) is 0 Å². The molecule has 218 valence electrons. The molecule has 0 fully saturated rings. The molecule has 0 aromatic rings. The van der Waals surface area contributed by atoms with Gasteiger partial charge in [0.1, 0.15) is 0 Å². The second kappa shape index (κ2) is 10.5. The molecule has 0 aromatic heterocycles. The first-order valence-electron chi connectivity index (χ1n) is 13.4. The predicted molar refractivity (Wildman–Crippen MR) is 153 cm³/mol. The number of hydrogen-bond acceptors (Lipinski definition) is 6. The van der Waals surface area contributed by atoms with Crippen LogP contribution < -0.4 is 16.0 Å². The van der Waals surface area contributed by atoms with Crippen LogP contribution in [0.1, 0.15) is 53.4 Å². The van der Waals surface area contributed by atoms with Crippen LogP contribution in [-0.2, 0) is 4.79 Å². The van der Waals surface area contributed by atoms with Crippen LogP contribution >= 0.6 is 19.1 Å². The second-order valence-corrected chi connectivity index (χ2v) is 16.3. The van der Waals surface area contributed by atoms with Crippen molar-refractivity contribution in [1.82, 2.24) is 20.9 Å². The molecule has 0 aromatic carbocycles. The van der Waals surface area contributed by atoms with E-state index in [-0.39, 0.29) is 24.5 Å². The van der Waals surface area contributed by atoms with E-state index in [9.17, 15) is 22.9 Å². The topological polar surface area (TPSA) is 89.0 Å². The van der Waals surface area contributed by atoms with Crippen LogP contribution in [0.5, 0.6) is 0 Å². The van der Waals surface area contributed by atoms with Gasteiger partial charge in [-0.05, 0) is 0 Å². The van der Waals surface area contributed by atoms with E-state index in [1.54, 1.807) is 20.0 Å². The van der Waals surface area contributed by atoms with Crippen molar-refractivity contribution in [3.63, 3.8) is 0 Å². The molecule has 0 bridgehead atoms. The monoisotopic (exact) mass is 589 g/mol. The van der Waals surface area contributed by atoms with Crippen LogP contribution in [0, 0.1) is 5.92 Å².